The molecule has 0 aliphatic rings. The molecule has 0 aromatic heterocycles. The molecule has 0 radical (unpaired) electrons. The van der Waals surface area contributed by atoms with Gasteiger partial charge in [-0.1, -0.05) is 13.8 Å². The molecule has 2 N–H and O–H groups in total. The number of rotatable bonds is 7. The summed E-state index contributed by atoms with van der Waals surface area (Å²) in [7, 11) is -2.16. The Kier molecular flexibility index (Phi) is 5.92. The summed E-state index contributed by atoms with van der Waals surface area (Å²) in [6.45, 7) is 3.51. The van der Waals surface area contributed by atoms with Crippen molar-refractivity contribution in [2.75, 3.05) is 23.9 Å². The molecule has 122 valence electrons. The van der Waals surface area contributed by atoms with Crippen molar-refractivity contribution in [2.24, 2.45) is 5.92 Å². The molecular weight excluding hydrogens is 310 g/mol. The first-order valence-electron chi connectivity index (χ1n) is 6.56. The third-order valence-corrected chi connectivity index (χ3v) is 4.54. The lowest BCUT2D eigenvalue weighted by Crippen LogP contribution is -2.26. The second-order valence-electron chi connectivity index (χ2n) is 5.22. The van der Waals surface area contributed by atoms with Gasteiger partial charge < -0.3 is 15.2 Å². The van der Waals surface area contributed by atoms with Gasteiger partial charge in [0.25, 0.3) is 0 Å². The van der Waals surface area contributed by atoms with Crippen molar-refractivity contribution in [2.45, 2.75) is 13.8 Å². The normalized spacial score (nSPS) is 11.3. The second kappa shape index (κ2) is 7.26. The lowest BCUT2D eigenvalue weighted by molar-refractivity contribution is -0.113. The highest BCUT2D eigenvalue weighted by molar-refractivity contribution is 7.92. The van der Waals surface area contributed by atoms with E-state index in [4.69, 9.17) is 9.84 Å². The number of benzene rings is 1. The summed E-state index contributed by atoms with van der Waals surface area (Å²) in [5.74, 6) is -2.45. The van der Waals surface area contributed by atoms with Gasteiger partial charge in [-0.05, 0) is 24.1 Å². The molecule has 0 spiro atoms. The third-order valence-electron chi connectivity index (χ3n) is 2.66. The summed E-state index contributed by atoms with van der Waals surface area (Å²) in [4.78, 5) is 22.7. The molecule has 0 fully saturated rings. The van der Waals surface area contributed by atoms with Crippen molar-refractivity contribution in [1.29, 1.82) is 0 Å². The van der Waals surface area contributed by atoms with E-state index in [1.54, 1.807) is 13.8 Å². The van der Waals surface area contributed by atoms with Crippen LogP contribution in [-0.4, -0.2) is 44.0 Å². The SMILES string of the molecule is COc1cc(C(=O)O)ccc1NC(=O)CS(=O)(=O)CC(C)C. The highest BCUT2D eigenvalue weighted by Crippen LogP contribution is 2.25. The number of methoxy groups -OCH3 is 1. The summed E-state index contributed by atoms with van der Waals surface area (Å²) in [6, 6.07) is 3.90. The highest BCUT2D eigenvalue weighted by Gasteiger charge is 2.19. The minimum atomic E-state index is -3.49. The summed E-state index contributed by atoms with van der Waals surface area (Å²) in [5, 5.41) is 11.3. The van der Waals surface area contributed by atoms with Gasteiger partial charge in [0.2, 0.25) is 5.91 Å². The molecule has 0 saturated carbocycles. The maximum Gasteiger partial charge on any atom is 0.335 e. The number of nitrogens with one attached hydrogen (secondary N) is 1. The fourth-order valence-corrected chi connectivity index (χ4v) is 3.49. The van der Waals surface area contributed by atoms with E-state index < -0.39 is 27.5 Å². The first kappa shape index (κ1) is 18.0. The van der Waals surface area contributed by atoms with E-state index in [0.717, 1.165) is 0 Å². The van der Waals surface area contributed by atoms with Crippen LogP contribution >= 0.6 is 0 Å². The van der Waals surface area contributed by atoms with Crippen LogP contribution in [0.25, 0.3) is 0 Å². The second-order valence-corrected chi connectivity index (χ2v) is 7.33. The smallest absolute Gasteiger partial charge is 0.335 e. The summed E-state index contributed by atoms with van der Waals surface area (Å²) >= 11 is 0. The van der Waals surface area contributed by atoms with E-state index in [0.29, 0.717) is 0 Å². The van der Waals surface area contributed by atoms with E-state index >= 15 is 0 Å². The quantitative estimate of drug-likeness (QED) is 0.782. The molecule has 1 rings (SSSR count). The van der Waals surface area contributed by atoms with E-state index in [-0.39, 0.29) is 28.7 Å². The first-order chi connectivity index (χ1) is 10.1. The zero-order valence-corrected chi connectivity index (χ0v) is 13.4. The van der Waals surface area contributed by atoms with Crippen molar-refractivity contribution in [1.82, 2.24) is 0 Å². The van der Waals surface area contributed by atoms with Gasteiger partial charge in [0.05, 0.1) is 24.1 Å². The van der Waals surface area contributed by atoms with E-state index in [2.05, 4.69) is 5.32 Å². The zero-order chi connectivity index (χ0) is 16.9. The zero-order valence-electron chi connectivity index (χ0n) is 12.6. The van der Waals surface area contributed by atoms with Crippen molar-refractivity contribution in [3.8, 4) is 5.75 Å². The Hall–Kier alpha value is -2.09. The highest BCUT2D eigenvalue weighted by atomic mass is 32.2. The van der Waals surface area contributed by atoms with Crippen molar-refractivity contribution >= 4 is 27.4 Å². The summed E-state index contributed by atoms with van der Waals surface area (Å²) < 4.78 is 28.5. The molecule has 7 nitrogen and oxygen atoms in total. The van der Waals surface area contributed by atoms with E-state index in [1.807, 2.05) is 0 Å². The van der Waals surface area contributed by atoms with Crippen molar-refractivity contribution < 1.29 is 27.9 Å². The predicted molar refractivity (Wildman–Crippen MR) is 82.1 cm³/mol. The molecular formula is C14H19NO6S. The topological polar surface area (TPSA) is 110 Å². The van der Waals surface area contributed by atoms with Gasteiger partial charge in [0.1, 0.15) is 11.5 Å². The maximum absolute atomic E-state index is 11.8. The van der Waals surface area contributed by atoms with Crippen LogP contribution in [0.1, 0.15) is 24.2 Å². The number of hydrogen-bond acceptors (Lipinski definition) is 5. The van der Waals surface area contributed by atoms with E-state index in [9.17, 15) is 18.0 Å². The van der Waals surface area contributed by atoms with Crippen molar-refractivity contribution in [3.63, 3.8) is 0 Å². The molecule has 8 heteroatoms. The Balaban J connectivity index is 2.86. The molecule has 0 aliphatic carbocycles. The van der Waals surface area contributed by atoms with Crippen LogP contribution in [0.3, 0.4) is 0 Å². The van der Waals surface area contributed by atoms with Crippen LogP contribution < -0.4 is 10.1 Å². The molecule has 0 atom stereocenters. The summed E-state index contributed by atoms with van der Waals surface area (Å²) in [6.07, 6.45) is 0. The Morgan fingerprint density at radius 2 is 1.95 bits per heavy atom. The number of carboxylic acids is 1. The largest absolute Gasteiger partial charge is 0.495 e. The van der Waals surface area contributed by atoms with Crippen LogP contribution in [0.2, 0.25) is 0 Å². The van der Waals surface area contributed by atoms with Crippen LogP contribution in [0.15, 0.2) is 18.2 Å². The average molecular weight is 329 g/mol. The number of carbonyl (C=O) groups is 2. The number of ether oxygens (including phenoxy) is 1. The van der Waals surface area contributed by atoms with Crippen molar-refractivity contribution in [3.05, 3.63) is 23.8 Å². The molecule has 22 heavy (non-hydrogen) atoms. The van der Waals surface area contributed by atoms with Crippen LogP contribution in [0.5, 0.6) is 5.75 Å². The fourth-order valence-electron chi connectivity index (χ4n) is 1.88. The Bertz CT molecular complexity index is 666. The number of sulfone groups is 1. The van der Waals surface area contributed by atoms with Gasteiger partial charge in [0.15, 0.2) is 9.84 Å². The van der Waals surface area contributed by atoms with Crippen LogP contribution in [0, 0.1) is 5.92 Å². The van der Waals surface area contributed by atoms with E-state index in [1.165, 1.54) is 25.3 Å². The lowest BCUT2D eigenvalue weighted by atomic mass is 10.2. The monoisotopic (exact) mass is 329 g/mol. The molecule has 1 aromatic rings. The molecule has 1 aromatic carbocycles. The standard InChI is InChI=1S/C14H19NO6S/c1-9(2)7-22(19,20)8-13(16)15-11-5-4-10(14(17)18)6-12(11)21-3/h4-6,9H,7-8H2,1-3H3,(H,15,16)(H,17,18). The molecule has 0 saturated heterocycles. The number of anilines is 1. The summed E-state index contributed by atoms with van der Waals surface area (Å²) in [5.41, 5.74) is 0.222. The average Bonchev–Trinajstić information content (AvgIpc) is 2.36. The number of aromatic carboxylic acids is 1. The predicted octanol–water partition coefficient (Wildman–Crippen LogP) is 1.40. The minimum absolute atomic E-state index is 0.00211. The van der Waals surface area contributed by atoms with Gasteiger partial charge in [0, 0.05) is 0 Å². The number of carboxylic acid groups (broad SMARTS) is 1. The molecule has 0 aliphatic heterocycles. The first-order valence-corrected chi connectivity index (χ1v) is 8.38. The van der Waals surface area contributed by atoms with Crippen LogP contribution in [-0.2, 0) is 14.6 Å². The number of carbonyl (C=O) groups excluding carboxylic acids is 1. The molecule has 0 unspecified atom stereocenters. The van der Waals surface area contributed by atoms with Gasteiger partial charge >= 0.3 is 5.97 Å². The number of hydrogen-bond donors (Lipinski definition) is 2. The van der Waals surface area contributed by atoms with Crippen LogP contribution in [0.4, 0.5) is 5.69 Å². The Morgan fingerprint density at radius 3 is 2.45 bits per heavy atom. The minimum Gasteiger partial charge on any atom is -0.495 e. The third kappa shape index (κ3) is 5.36. The van der Waals surface area contributed by atoms with Gasteiger partial charge in [-0.3, -0.25) is 4.79 Å². The lowest BCUT2D eigenvalue weighted by Gasteiger charge is -2.11. The molecule has 0 bridgehead atoms. The molecule has 1 amide bonds. The molecule has 0 heterocycles. The fraction of sp³-hybridized carbons (Fsp3) is 0.429. The van der Waals surface area contributed by atoms with Gasteiger partial charge in [-0.2, -0.15) is 0 Å². The maximum atomic E-state index is 11.8. The Morgan fingerprint density at radius 1 is 1.32 bits per heavy atom. The van der Waals surface area contributed by atoms with Gasteiger partial charge in [-0.25, -0.2) is 13.2 Å². The van der Waals surface area contributed by atoms with Gasteiger partial charge in [-0.15, -0.1) is 0 Å². The Labute approximate surface area is 129 Å². The number of amides is 1.